The highest BCUT2D eigenvalue weighted by Crippen LogP contribution is 2.20. The molecule has 0 fully saturated rings. The largest absolute Gasteiger partial charge is 0.387 e. The molecule has 0 saturated carbocycles. The maximum absolute atomic E-state index is 10.8. The maximum atomic E-state index is 10.8. The number of nitrogens with one attached hydrogen (secondary N) is 1. The van der Waals surface area contributed by atoms with Crippen molar-refractivity contribution >= 4 is 21.5 Å². The quantitative estimate of drug-likeness (QED) is 0.581. The molecular formula is C6H7N3O4S. The molecule has 0 aliphatic heterocycles. The fraction of sp³-hybridized carbons (Fsp3) is 0.167. The molecule has 1 N–H and O–H groups in total. The minimum absolute atomic E-state index is 0.139. The third-order valence-electron chi connectivity index (χ3n) is 1.25. The number of pyridine rings is 1. The van der Waals surface area contributed by atoms with Gasteiger partial charge in [-0.3, -0.25) is 4.72 Å². The molecule has 1 rings (SSSR count). The number of rotatable bonds is 3. The van der Waals surface area contributed by atoms with Gasteiger partial charge in [0.15, 0.2) is 0 Å². The van der Waals surface area contributed by atoms with Gasteiger partial charge in [-0.2, -0.15) is 0 Å². The van der Waals surface area contributed by atoms with E-state index in [9.17, 15) is 18.5 Å². The molecule has 0 atom stereocenters. The van der Waals surface area contributed by atoms with Crippen LogP contribution in [-0.4, -0.2) is 24.6 Å². The Hall–Kier alpha value is -1.70. The van der Waals surface area contributed by atoms with Crippen LogP contribution < -0.4 is 4.72 Å². The van der Waals surface area contributed by atoms with E-state index in [0.717, 1.165) is 6.26 Å². The summed E-state index contributed by atoms with van der Waals surface area (Å²) in [6.07, 6.45) is 2.12. The number of hydrogen-bond donors (Lipinski definition) is 1. The van der Waals surface area contributed by atoms with E-state index in [1.807, 2.05) is 4.72 Å². The first-order valence-electron chi connectivity index (χ1n) is 3.47. The minimum atomic E-state index is -3.53. The van der Waals surface area contributed by atoms with Gasteiger partial charge in [-0.25, -0.2) is 8.42 Å². The van der Waals surface area contributed by atoms with Crippen molar-refractivity contribution < 1.29 is 13.3 Å². The van der Waals surface area contributed by atoms with E-state index in [1.54, 1.807) is 0 Å². The molecule has 7 nitrogen and oxygen atoms in total. The molecule has 0 amide bonds. The average Bonchev–Trinajstić information content (AvgIpc) is 2.01. The number of nitro groups is 1. The van der Waals surface area contributed by atoms with Gasteiger partial charge < -0.3 is 10.1 Å². The highest BCUT2D eigenvalue weighted by Gasteiger charge is 2.16. The second kappa shape index (κ2) is 3.58. The Kier molecular flexibility index (Phi) is 2.65. The summed E-state index contributed by atoms with van der Waals surface area (Å²) < 4.78 is 23.6. The molecule has 14 heavy (non-hydrogen) atoms. The van der Waals surface area contributed by atoms with Gasteiger partial charge >= 0.3 is 5.82 Å². The van der Waals surface area contributed by atoms with Crippen LogP contribution in [0.2, 0.25) is 0 Å². The second-order valence-electron chi connectivity index (χ2n) is 2.51. The first-order valence-corrected chi connectivity index (χ1v) is 5.36. The molecular weight excluding hydrogens is 210 g/mol. The van der Waals surface area contributed by atoms with Gasteiger partial charge in [0.05, 0.1) is 6.26 Å². The summed E-state index contributed by atoms with van der Waals surface area (Å²) in [5, 5.41) is 10.4. The molecule has 0 saturated heterocycles. The van der Waals surface area contributed by atoms with E-state index in [1.165, 1.54) is 18.3 Å². The van der Waals surface area contributed by atoms with Crippen LogP contribution in [0.3, 0.4) is 0 Å². The highest BCUT2D eigenvalue weighted by molar-refractivity contribution is 7.92. The smallest absolute Gasteiger partial charge is 0.358 e. The van der Waals surface area contributed by atoms with E-state index < -0.39 is 20.8 Å². The summed E-state index contributed by atoms with van der Waals surface area (Å²) in [6.45, 7) is 0. The van der Waals surface area contributed by atoms with E-state index in [0.29, 0.717) is 0 Å². The van der Waals surface area contributed by atoms with Gasteiger partial charge in [0.25, 0.3) is 0 Å². The first-order chi connectivity index (χ1) is 6.40. The molecule has 0 aliphatic rings. The molecule has 1 aromatic rings. The Balaban J connectivity index is 3.15. The van der Waals surface area contributed by atoms with Crippen molar-refractivity contribution in [1.82, 2.24) is 4.98 Å². The van der Waals surface area contributed by atoms with Crippen LogP contribution in [0.5, 0.6) is 0 Å². The summed E-state index contributed by atoms with van der Waals surface area (Å²) in [6, 6.07) is 2.67. The van der Waals surface area contributed by atoms with E-state index in [2.05, 4.69) is 4.98 Å². The minimum Gasteiger partial charge on any atom is -0.358 e. The van der Waals surface area contributed by atoms with Gasteiger partial charge in [0, 0.05) is 0 Å². The SMILES string of the molecule is CS(=O)(=O)Nc1cccnc1[N+](=O)[O-]. The Morgan fingerprint density at radius 2 is 2.21 bits per heavy atom. The van der Waals surface area contributed by atoms with Crippen molar-refractivity contribution in [2.45, 2.75) is 0 Å². The fourth-order valence-electron chi connectivity index (χ4n) is 0.822. The van der Waals surface area contributed by atoms with Crippen LogP contribution in [0, 0.1) is 10.1 Å². The zero-order valence-corrected chi connectivity index (χ0v) is 7.98. The topological polar surface area (TPSA) is 102 Å². The van der Waals surface area contributed by atoms with E-state index >= 15 is 0 Å². The maximum Gasteiger partial charge on any atom is 0.387 e. The number of anilines is 1. The van der Waals surface area contributed by atoms with Crippen molar-refractivity contribution in [3.8, 4) is 0 Å². The zero-order chi connectivity index (χ0) is 10.8. The lowest BCUT2D eigenvalue weighted by atomic mass is 10.4. The van der Waals surface area contributed by atoms with Crippen LogP contribution in [0.1, 0.15) is 0 Å². The third-order valence-corrected chi connectivity index (χ3v) is 1.85. The van der Waals surface area contributed by atoms with Crippen molar-refractivity contribution in [3.05, 3.63) is 28.4 Å². The van der Waals surface area contributed by atoms with Gasteiger partial charge in [0.2, 0.25) is 10.0 Å². The van der Waals surface area contributed by atoms with Crippen molar-refractivity contribution in [2.75, 3.05) is 11.0 Å². The molecule has 0 spiro atoms. The zero-order valence-electron chi connectivity index (χ0n) is 7.17. The Morgan fingerprint density at radius 1 is 1.57 bits per heavy atom. The Labute approximate surface area is 80.0 Å². The molecule has 0 bridgehead atoms. The van der Waals surface area contributed by atoms with E-state index in [-0.39, 0.29) is 5.69 Å². The summed E-state index contributed by atoms with van der Waals surface area (Å²) in [5.41, 5.74) is -0.139. The van der Waals surface area contributed by atoms with Crippen molar-refractivity contribution in [2.24, 2.45) is 0 Å². The average molecular weight is 217 g/mol. The molecule has 8 heteroatoms. The van der Waals surface area contributed by atoms with Crippen molar-refractivity contribution in [1.29, 1.82) is 0 Å². The predicted octanol–water partition coefficient (Wildman–Crippen LogP) is 0.361. The van der Waals surface area contributed by atoms with E-state index in [4.69, 9.17) is 0 Å². The van der Waals surface area contributed by atoms with Crippen LogP contribution in [0.4, 0.5) is 11.5 Å². The third kappa shape index (κ3) is 2.66. The molecule has 0 unspecified atom stereocenters. The summed E-state index contributed by atoms with van der Waals surface area (Å²) in [4.78, 5) is 13.1. The molecule has 1 heterocycles. The Bertz CT molecular complexity index is 456. The number of nitrogens with zero attached hydrogens (tertiary/aromatic N) is 2. The molecule has 0 aliphatic carbocycles. The molecule has 0 radical (unpaired) electrons. The highest BCUT2D eigenvalue weighted by atomic mass is 32.2. The second-order valence-corrected chi connectivity index (χ2v) is 4.25. The van der Waals surface area contributed by atoms with Gasteiger partial charge in [-0.15, -0.1) is 0 Å². The number of sulfonamides is 1. The van der Waals surface area contributed by atoms with Crippen LogP contribution in [0.15, 0.2) is 18.3 Å². The van der Waals surface area contributed by atoms with Gasteiger partial charge in [-0.1, -0.05) is 0 Å². The Morgan fingerprint density at radius 3 is 2.71 bits per heavy atom. The summed E-state index contributed by atoms with van der Waals surface area (Å²) in [7, 11) is -3.53. The summed E-state index contributed by atoms with van der Waals surface area (Å²) in [5.74, 6) is -0.516. The number of aromatic nitrogens is 1. The normalized spacial score (nSPS) is 10.9. The van der Waals surface area contributed by atoms with Crippen LogP contribution in [-0.2, 0) is 10.0 Å². The van der Waals surface area contributed by atoms with Crippen LogP contribution >= 0.6 is 0 Å². The lowest BCUT2D eigenvalue weighted by Crippen LogP contribution is -2.11. The molecule has 0 aromatic carbocycles. The van der Waals surface area contributed by atoms with Gasteiger partial charge in [-0.05, 0) is 22.0 Å². The first kappa shape index (κ1) is 10.4. The standard InChI is InChI=1S/C6H7N3O4S/c1-14(12,13)8-5-3-2-4-7-6(5)9(10)11/h2-4,8H,1H3. The molecule has 76 valence electrons. The predicted molar refractivity (Wildman–Crippen MR) is 49.4 cm³/mol. The van der Waals surface area contributed by atoms with Gasteiger partial charge in [0.1, 0.15) is 11.9 Å². The lowest BCUT2D eigenvalue weighted by Gasteiger charge is -2.02. The number of hydrogen-bond acceptors (Lipinski definition) is 5. The fourth-order valence-corrected chi connectivity index (χ4v) is 1.38. The van der Waals surface area contributed by atoms with Crippen molar-refractivity contribution in [3.63, 3.8) is 0 Å². The monoisotopic (exact) mass is 217 g/mol. The lowest BCUT2D eigenvalue weighted by molar-refractivity contribution is -0.388. The molecule has 1 aromatic heterocycles. The summed E-state index contributed by atoms with van der Waals surface area (Å²) >= 11 is 0. The van der Waals surface area contributed by atoms with Crippen LogP contribution in [0.25, 0.3) is 0 Å².